The van der Waals surface area contributed by atoms with E-state index in [4.69, 9.17) is 5.73 Å². The van der Waals surface area contributed by atoms with Crippen LogP contribution in [0.3, 0.4) is 0 Å². The Labute approximate surface area is 114 Å². The Hall–Kier alpha value is -1.27. The van der Waals surface area contributed by atoms with Gasteiger partial charge in [0.05, 0.1) is 5.56 Å². The molecule has 0 aromatic heterocycles. The molecule has 1 aromatic rings. The Morgan fingerprint density at radius 1 is 1.32 bits per heavy atom. The summed E-state index contributed by atoms with van der Waals surface area (Å²) in [4.78, 5) is 11.6. The van der Waals surface area contributed by atoms with E-state index >= 15 is 0 Å². The van der Waals surface area contributed by atoms with Crippen molar-refractivity contribution in [3.63, 3.8) is 0 Å². The van der Waals surface area contributed by atoms with Crippen LogP contribution in [0.4, 0.5) is 13.2 Å². The molecule has 0 spiro atoms. The molecule has 1 fully saturated rings. The highest BCUT2D eigenvalue weighted by Crippen LogP contribution is 2.31. The second-order valence-corrected chi connectivity index (χ2v) is 4.43. The van der Waals surface area contributed by atoms with Gasteiger partial charge in [0, 0.05) is 12.6 Å². The quantitative estimate of drug-likeness (QED) is 0.835. The molecule has 0 aliphatic heterocycles. The molecule has 7 heteroatoms. The first-order valence-electron chi connectivity index (χ1n) is 5.68. The lowest BCUT2D eigenvalue weighted by Gasteiger charge is -2.12. The number of halogens is 4. The van der Waals surface area contributed by atoms with E-state index in [9.17, 15) is 18.0 Å². The Kier molecular flexibility index (Phi) is 5.20. The summed E-state index contributed by atoms with van der Waals surface area (Å²) in [5.74, 6) is -4.84. The minimum Gasteiger partial charge on any atom is -0.350 e. The third kappa shape index (κ3) is 3.61. The van der Waals surface area contributed by atoms with Crippen LogP contribution in [0.25, 0.3) is 0 Å². The molecular weight excluding hydrogens is 281 g/mol. The van der Waals surface area contributed by atoms with Crippen LogP contribution in [0.2, 0.25) is 0 Å². The number of rotatable bonds is 4. The highest BCUT2D eigenvalue weighted by Gasteiger charge is 2.29. The first-order chi connectivity index (χ1) is 8.50. The van der Waals surface area contributed by atoms with E-state index in [1.807, 2.05) is 0 Å². The third-order valence-corrected chi connectivity index (χ3v) is 3.01. The van der Waals surface area contributed by atoms with Crippen molar-refractivity contribution in [3.8, 4) is 0 Å². The number of hydrogen-bond acceptors (Lipinski definition) is 2. The summed E-state index contributed by atoms with van der Waals surface area (Å²) in [6, 6.07) is 1.45. The van der Waals surface area contributed by atoms with Crippen LogP contribution in [0.5, 0.6) is 0 Å². The molecule has 0 heterocycles. The summed E-state index contributed by atoms with van der Waals surface area (Å²) in [5, 5.41) is 2.41. The molecule has 0 bridgehead atoms. The molecule has 3 nitrogen and oxygen atoms in total. The molecule has 1 atom stereocenters. The lowest BCUT2D eigenvalue weighted by Crippen LogP contribution is -2.38. The van der Waals surface area contributed by atoms with Crippen molar-refractivity contribution in [2.75, 3.05) is 6.54 Å². The van der Waals surface area contributed by atoms with Crippen LogP contribution in [-0.2, 0) is 0 Å². The molecule has 106 valence electrons. The van der Waals surface area contributed by atoms with Crippen molar-refractivity contribution in [3.05, 3.63) is 35.1 Å². The topological polar surface area (TPSA) is 55.1 Å². The second kappa shape index (κ2) is 6.25. The van der Waals surface area contributed by atoms with Gasteiger partial charge in [-0.3, -0.25) is 4.79 Å². The Morgan fingerprint density at radius 3 is 2.53 bits per heavy atom. The van der Waals surface area contributed by atoms with Gasteiger partial charge in [0.2, 0.25) is 0 Å². The van der Waals surface area contributed by atoms with Crippen LogP contribution in [0.1, 0.15) is 23.2 Å². The first kappa shape index (κ1) is 15.8. The lowest BCUT2D eigenvalue weighted by atomic mass is 10.1. The van der Waals surface area contributed by atoms with E-state index in [-0.39, 0.29) is 25.0 Å². The van der Waals surface area contributed by atoms with Crippen molar-refractivity contribution in [1.29, 1.82) is 0 Å². The van der Waals surface area contributed by atoms with Crippen molar-refractivity contribution in [2.24, 2.45) is 11.7 Å². The normalized spacial score (nSPS) is 15.6. The maximum atomic E-state index is 13.3. The molecular formula is C12H14ClF3N2O. The third-order valence-electron chi connectivity index (χ3n) is 3.01. The van der Waals surface area contributed by atoms with Gasteiger partial charge < -0.3 is 11.1 Å². The van der Waals surface area contributed by atoms with Gasteiger partial charge in [0.1, 0.15) is 0 Å². The van der Waals surface area contributed by atoms with Gasteiger partial charge in [-0.25, -0.2) is 13.2 Å². The Balaban J connectivity index is 0.00000180. The average Bonchev–Trinajstić information content (AvgIpc) is 3.17. The van der Waals surface area contributed by atoms with Crippen LogP contribution in [0, 0.1) is 23.4 Å². The molecule has 0 saturated heterocycles. The van der Waals surface area contributed by atoms with E-state index in [0.29, 0.717) is 12.0 Å². The van der Waals surface area contributed by atoms with Gasteiger partial charge in [-0.2, -0.15) is 0 Å². The Bertz CT molecular complexity index is 480. The van der Waals surface area contributed by atoms with Crippen molar-refractivity contribution in [2.45, 2.75) is 18.9 Å². The number of nitrogens with two attached hydrogens (primary N) is 1. The fraction of sp³-hybridized carbons (Fsp3) is 0.417. The largest absolute Gasteiger partial charge is 0.350 e. The summed E-state index contributed by atoms with van der Waals surface area (Å²) >= 11 is 0. The standard InChI is InChI=1S/C12H13F3N2O.ClH/c13-8-4-3-7(10(14)11(8)15)12(18)17-5-9(16)6-1-2-6;/h3-4,6,9H,1-2,5,16H2,(H,17,18);1H. The van der Waals surface area contributed by atoms with Crippen LogP contribution in [0.15, 0.2) is 12.1 Å². The number of benzene rings is 1. The van der Waals surface area contributed by atoms with Gasteiger partial charge in [-0.1, -0.05) is 0 Å². The lowest BCUT2D eigenvalue weighted by molar-refractivity contribution is 0.0945. The highest BCUT2D eigenvalue weighted by molar-refractivity contribution is 5.94. The van der Waals surface area contributed by atoms with Crippen molar-refractivity contribution in [1.82, 2.24) is 5.32 Å². The monoisotopic (exact) mass is 294 g/mol. The first-order valence-corrected chi connectivity index (χ1v) is 5.68. The highest BCUT2D eigenvalue weighted by atomic mass is 35.5. The number of hydrogen-bond donors (Lipinski definition) is 2. The molecule has 1 saturated carbocycles. The second-order valence-electron chi connectivity index (χ2n) is 4.43. The number of amides is 1. The zero-order valence-electron chi connectivity index (χ0n) is 9.96. The summed E-state index contributed by atoms with van der Waals surface area (Å²) < 4.78 is 38.9. The van der Waals surface area contributed by atoms with E-state index in [2.05, 4.69) is 5.32 Å². The zero-order valence-corrected chi connectivity index (χ0v) is 10.8. The summed E-state index contributed by atoms with van der Waals surface area (Å²) in [6.45, 7) is 0.196. The predicted octanol–water partition coefficient (Wildman–Crippen LogP) is 1.99. The molecule has 19 heavy (non-hydrogen) atoms. The fourth-order valence-corrected chi connectivity index (χ4v) is 1.70. The van der Waals surface area contributed by atoms with Crippen LogP contribution in [-0.4, -0.2) is 18.5 Å². The van der Waals surface area contributed by atoms with Crippen molar-refractivity contribution < 1.29 is 18.0 Å². The molecule has 1 aliphatic carbocycles. The van der Waals surface area contributed by atoms with E-state index in [1.165, 1.54) is 0 Å². The van der Waals surface area contributed by atoms with E-state index < -0.39 is 28.9 Å². The van der Waals surface area contributed by atoms with Crippen molar-refractivity contribution >= 4 is 18.3 Å². The summed E-state index contributed by atoms with van der Waals surface area (Å²) in [6.07, 6.45) is 2.05. The SMILES string of the molecule is Cl.NC(CNC(=O)c1ccc(F)c(F)c1F)C1CC1. The predicted molar refractivity (Wildman–Crippen MR) is 66.6 cm³/mol. The average molecular weight is 295 g/mol. The van der Waals surface area contributed by atoms with Crippen LogP contribution < -0.4 is 11.1 Å². The minimum absolute atomic E-state index is 0. The molecule has 0 radical (unpaired) electrons. The number of carbonyl (C=O) groups is 1. The van der Waals surface area contributed by atoms with Gasteiger partial charge in [0.25, 0.3) is 5.91 Å². The molecule has 3 N–H and O–H groups in total. The molecule has 1 aliphatic rings. The maximum Gasteiger partial charge on any atom is 0.254 e. The molecule has 1 aromatic carbocycles. The van der Waals surface area contributed by atoms with Gasteiger partial charge in [-0.05, 0) is 30.9 Å². The molecule has 2 rings (SSSR count). The molecule has 1 unspecified atom stereocenters. The number of carbonyl (C=O) groups excluding carboxylic acids is 1. The smallest absolute Gasteiger partial charge is 0.254 e. The number of nitrogens with one attached hydrogen (secondary N) is 1. The van der Waals surface area contributed by atoms with Gasteiger partial charge in [0.15, 0.2) is 17.5 Å². The zero-order chi connectivity index (χ0) is 13.3. The van der Waals surface area contributed by atoms with Crippen LogP contribution >= 0.6 is 12.4 Å². The van der Waals surface area contributed by atoms with E-state index in [0.717, 1.165) is 18.9 Å². The maximum absolute atomic E-state index is 13.3. The molecule has 1 amide bonds. The van der Waals surface area contributed by atoms with E-state index in [1.54, 1.807) is 0 Å². The Morgan fingerprint density at radius 2 is 1.95 bits per heavy atom. The fourth-order valence-electron chi connectivity index (χ4n) is 1.70. The minimum atomic E-state index is -1.64. The van der Waals surface area contributed by atoms with Gasteiger partial charge >= 0.3 is 0 Å². The summed E-state index contributed by atoms with van der Waals surface area (Å²) in [7, 11) is 0. The van der Waals surface area contributed by atoms with Gasteiger partial charge in [-0.15, -0.1) is 12.4 Å². The summed E-state index contributed by atoms with van der Waals surface area (Å²) in [5.41, 5.74) is 5.24.